The van der Waals surface area contributed by atoms with Crippen LogP contribution in [0.3, 0.4) is 0 Å². The van der Waals surface area contributed by atoms with Crippen molar-refractivity contribution in [2.75, 3.05) is 32.6 Å². The molecule has 0 spiro atoms. The number of aromatic nitrogens is 2. The molecule has 4 rings (SSSR count). The van der Waals surface area contributed by atoms with Gasteiger partial charge < -0.3 is 15.0 Å². The number of ether oxygens (including phenoxy) is 1. The largest absolute Gasteiger partial charge is 0.497 e. The van der Waals surface area contributed by atoms with E-state index < -0.39 is 0 Å². The van der Waals surface area contributed by atoms with Crippen LogP contribution < -0.4 is 15.0 Å². The van der Waals surface area contributed by atoms with Gasteiger partial charge in [-0.05, 0) is 65.8 Å². The predicted octanol–water partition coefficient (Wildman–Crippen LogP) is 4.66. The van der Waals surface area contributed by atoms with Crippen molar-refractivity contribution in [1.29, 1.82) is 0 Å². The third-order valence-corrected chi connectivity index (χ3v) is 6.02. The summed E-state index contributed by atoms with van der Waals surface area (Å²) < 4.78 is 5.46. The Bertz CT molecular complexity index is 1170. The molecule has 0 unspecified atom stereocenters. The van der Waals surface area contributed by atoms with Crippen LogP contribution in [0.15, 0.2) is 60.0 Å². The van der Waals surface area contributed by atoms with E-state index in [0.29, 0.717) is 18.9 Å². The first-order valence-corrected chi connectivity index (χ1v) is 11.2. The molecule has 0 aliphatic heterocycles. The Morgan fingerprint density at radius 3 is 2.67 bits per heavy atom. The average molecular weight is 443 g/mol. The number of nitrogens with zero attached hydrogens (tertiary/aromatic N) is 3. The highest BCUT2D eigenvalue weighted by Crippen LogP contribution is 2.44. The van der Waals surface area contributed by atoms with Gasteiger partial charge in [-0.25, -0.2) is 9.97 Å². The van der Waals surface area contributed by atoms with E-state index in [1.54, 1.807) is 7.11 Å². The molecule has 1 heterocycles. The lowest BCUT2D eigenvalue weighted by Gasteiger charge is -2.12. The molecule has 33 heavy (non-hydrogen) atoms. The van der Waals surface area contributed by atoms with Crippen molar-refractivity contribution in [2.24, 2.45) is 0 Å². The number of nitrogens with one attached hydrogen (secondary N) is 1. The van der Waals surface area contributed by atoms with Gasteiger partial charge in [-0.3, -0.25) is 4.79 Å². The van der Waals surface area contributed by atoms with E-state index in [1.807, 2.05) is 43.5 Å². The number of methoxy groups -OCH3 is 1. The number of amides is 1. The minimum absolute atomic E-state index is 0.0218. The van der Waals surface area contributed by atoms with E-state index in [1.165, 1.54) is 5.57 Å². The first-order chi connectivity index (χ1) is 16.0. The number of hydrogen-bond acceptors (Lipinski definition) is 5. The van der Waals surface area contributed by atoms with Crippen molar-refractivity contribution in [3.05, 3.63) is 76.7 Å². The van der Waals surface area contributed by atoms with Crippen LogP contribution in [-0.2, 0) is 4.79 Å². The minimum atomic E-state index is 0.0218. The van der Waals surface area contributed by atoms with Crippen LogP contribution in [0.2, 0.25) is 0 Å². The maximum atomic E-state index is 12.9. The normalized spacial score (nSPS) is 16.0. The molecule has 1 N–H and O–H groups in total. The van der Waals surface area contributed by atoms with Crippen molar-refractivity contribution in [1.82, 2.24) is 15.3 Å². The van der Waals surface area contributed by atoms with Gasteiger partial charge in [0, 0.05) is 38.6 Å². The maximum Gasteiger partial charge on any atom is 0.224 e. The lowest BCUT2D eigenvalue weighted by Crippen LogP contribution is -2.25. The molecular weight excluding hydrogens is 412 g/mol. The number of carbonyl (C=O) groups excluding carboxylic acids is 1. The Labute approximate surface area is 195 Å². The summed E-state index contributed by atoms with van der Waals surface area (Å²) in [6, 6.07) is 6.03. The molecular formula is C27H30N4O2. The fourth-order valence-corrected chi connectivity index (χ4v) is 4.15. The van der Waals surface area contributed by atoms with E-state index in [9.17, 15) is 4.79 Å². The molecule has 6 nitrogen and oxygen atoms in total. The molecule has 0 bridgehead atoms. The van der Waals surface area contributed by atoms with Crippen molar-refractivity contribution in [3.8, 4) is 5.75 Å². The Morgan fingerprint density at radius 1 is 1.21 bits per heavy atom. The fourth-order valence-electron chi connectivity index (χ4n) is 4.15. The van der Waals surface area contributed by atoms with Crippen LogP contribution in [0.4, 0.5) is 5.95 Å². The summed E-state index contributed by atoms with van der Waals surface area (Å²) in [6.45, 7) is 2.67. The lowest BCUT2D eigenvalue weighted by molar-refractivity contribution is -0.119. The highest BCUT2D eigenvalue weighted by molar-refractivity contribution is 6.08. The quantitative estimate of drug-likeness (QED) is 0.675. The summed E-state index contributed by atoms with van der Waals surface area (Å²) >= 11 is 0. The fraction of sp³-hybridized carbons (Fsp3) is 0.296. The van der Waals surface area contributed by atoms with Gasteiger partial charge in [-0.15, -0.1) is 0 Å². The zero-order valence-electron chi connectivity index (χ0n) is 19.7. The molecule has 0 saturated heterocycles. The second-order valence-electron chi connectivity index (χ2n) is 8.53. The van der Waals surface area contributed by atoms with E-state index in [4.69, 9.17) is 4.74 Å². The second-order valence-corrected chi connectivity index (χ2v) is 8.53. The Kier molecular flexibility index (Phi) is 6.73. The molecule has 1 amide bonds. The first kappa shape index (κ1) is 22.5. The van der Waals surface area contributed by atoms with Crippen molar-refractivity contribution < 1.29 is 9.53 Å². The van der Waals surface area contributed by atoms with Gasteiger partial charge in [0.15, 0.2) is 0 Å². The van der Waals surface area contributed by atoms with Crippen LogP contribution in [-0.4, -0.2) is 43.6 Å². The van der Waals surface area contributed by atoms with E-state index >= 15 is 0 Å². The molecule has 0 radical (unpaired) electrons. The van der Waals surface area contributed by atoms with E-state index in [2.05, 4.69) is 52.6 Å². The van der Waals surface area contributed by atoms with Gasteiger partial charge in [-0.2, -0.15) is 0 Å². The molecule has 2 aromatic rings. The molecule has 1 aromatic carbocycles. The standard InChI is InChI=1S/C27H30N4O2/c1-18-23(12-20-16-29-27(30-17-20)31(2)3)22-11-10-21(33-4)13-25(22)24(18)14-26(32)28-15-19-8-6-5-7-9-19/h5-6,8,10-13,16-17H,7,9,14-15H2,1-4H3,(H,28,32)/b23-12-. The smallest absolute Gasteiger partial charge is 0.224 e. The molecule has 0 atom stereocenters. The van der Waals surface area contributed by atoms with Crippen LogP contribution in [0, 0.1) is 0 Å². The zero-order chi connectivity index (χ0) is 23.4. The topological polar surface area (TPSA) is 67.3 Å². The van der Waals surface area contributed by atoms with Crippen LogP contribution in [0.5, 0.6) is 5.75 Å². The number of fused-ring (bicyclic) bond motifs is 1. The van der Waals surface area contributed by atoms with Gasteiger partial charge >= 0.3 is 0 Å². The molecule has 0 fully saturated rings. The summed E-state index contributed by atoms with van der Waals surface area (Å²) in [7, 11) is 5.49. The lowest BCUT2D eigenvalue weighted by atomic mass is 10.0. The molecule has 170 valence electrons. The van der Waals surface area contributed by atoms with Crippen LogP contribution in [0.1, 0.15) is 42.9 Å². The molecule has 2 aliphatic rings. The number of carbonyl (C=O) groups is 1. The van der Waals surface area contributed by atoms with E-state index in [-0.39, 0.29) is 5.91 Å². The van der Waals surface area contributed by atoms with Crippen LogP contribution in [0.25, 0.3) is 17.2 Å². The van der Waals surface area contributed by atoms with Crippen molar-refractivity contribution in [3.63, 3.8) is 0 Å². The predicted molar refractivity (Wildman–Crippen MR) is 134 cm³/mol. The molecule has 0 saturated carbocycles. The van der Waals surface area contributed by atoms with Gasteiger partial charge in [0.2, 0.25) is 11.9 Å². The minimum Gasteiger partial charge on any atom is -0.497 e. The summed E-state index contributed by atoms with van der Waals surface area (Å²) in [5, 5.41) is 3.09. The maximum absolute atomic E-state index is 12.9. The summed E-state index contributed by atoms with van der Waals surface area (Å²) in [5.74, 6) is 1.47. The van der Waals surface area contributed by atoms with Crippen molar-refractivity contribution in [2.45, 2.75) is 26.2 Å². The monoisotopic (exact) mass is 442 g/mol. The van der Waals surface area contributed by atoms with E-state index in [0.717, 1.165) is 52.0 Å². The summed E-state index contributed by atoms with van der Waals surface area (Å²) in [4.78, 5) is 23.6. The Morgan fingerprint density at radius 2 is 2.00 bits per heavy atom. The number of hydrogen-bond donors (Lipinski definition) is 1. The SMILES string of the molecule is COc1ccc2c(c1)C(CC(=O)NCC1=CC=CCC1)=C(C)/C2=C/c1cnc(N(C)C)nc1. The molecule has 6 heteroatoms. The van der Waals surface area contributed by atoms with Gasteiger partial charge in [-0.1, -0.05) is 29.9 Å². The molecule has 1 aromatic heterocycles. The number of allylic oxidation sites excluding steroid dienone is 5. The first-order valence-electron chi connectivity index (χ1n) is 11.2. The Hall–Kier alpha value is -3.67. The zero-order valence-corrected chi connectivity index (χ0v) is 19.7. The van der Waals surface area contributed by atoms with Crippen LogP contribution >= 0.6 is 0 Å². The van der Waals surface area contributed by atoms with Gasteiger partial charge in [0.25, 0.3) is 0 Å². The summed E-state index contributed by atoms with van der Waals surface area (Å²) in [6.07, 6.45) is 14.4. The number of benzene rings is 1. The third-order valence-electron chi connectivity index (χ3n) is 6.02. The Balaban J connectivity index is 1.62. The summed E-state index contributed by atoms with van der Waals surface area (Å²) in [5.41, 5.74) is 7.50. The number of anilines is 1. The van der Waals surface area contributed by atoms with Gasteiger partial charge in [0.1, 0.15) is 5.75 Å². The third kappa shape index (κ3) is 5.06. The highest BCUT2D eigenvalue weighted by Gasteiger charge is 2.26. The van der Waals surface area contributed by atoms with Gasteiger partial charge in [0.05, 0.1) is 13.5 Å². The average Bonchev–Trinajstić information content (AvgIpc) is 3.09. The number of rotatable bonds is 7. The molecule has 2 aliphatic carbocycles. The second kappa shape index (κ2) is 9.86. The highest BCUT2D eigenvalue weighted by atomic mass is 16.5. The van der Waals surface area contributed by atoms with Crippen molar-refractivity contribution >= 4 is 29.1 Å².